The molecule has 35 heavy (non-hydrogen) atoms. The fraction of sp³-hybridized carbons (Fsp3) is 0.240. The van der Waals surface area contributed by atoms with E-state index in [9.17, 15) is 10.1 Å². The van der Waals surface area contributed by atoms with Crippen molar-refractivity contribution in [3.8, 4) is 12.1 Å². The molecule has 178 valence electrons. The van der Waals surface area contributed by atoms with Crippen LogP contribution in [-0.4, -0.2) is 39.6 Å². The number of benzene rings is 2. The second-order valence-electron chi connectivity index (χ2n) is 7.62. The van der Waals surface area contributed by atoms with Crippen molar-refractivity contribution in [3.63, 3.8) is 0 Å². The zero-order valence-electron chi connectivity index (χ0n) is 19.3. The molecule has 0 fully saturated rings. The third-order valence-corrected chi connectivity index (χ3v) is 5.40. The molecule has 2 heterocycles. The van der Waals surface area contributed by atoms with Crippen LogP contribution in [0.15, 0.2) is 66.0 Å². The summed E-state index contributed by atoms with van der Waals surface area (Å²) >= 11 is 12.0. The summed E-state index contributed by atoms with van der Waals surface area (Å²) in [4.78, 5) is 14.7. The van der Waals surface area contributed by atoms with Crippen molar-refractivity contribution in [2.45, 2.75) is 26.3 Å². The summed E-state index contributed by atoms with van der Waals surface area (Å²) in [5, 5.41) is 29.7. The van der Waals surface area contributed by atoms with Gasteiger partial charge in [0.1, 0.15) is 18.7 Å². The minimum Gasteiger partial charge on any atom is -0.279 e. The van der Waals surface area contributed by atoms with Crippen LogP contribution >= 0.6 is 23.2 Å². The van der Waals surface area contributed by atoms with Crippen LogP contribution in [0, 0.1) is 22.7 Å². The van der Waals surface area contributed by atoms with Crippen LogP contribution in [0.2, 0.25) is 10.0 Å². The van der Waals surface area contributed by atoms with Gasteiger partial charge in [-0.05, 0) is 36.4 Å². The van der Waals surface area contributed by atoms with E-state index in [2.05, 4.69) is 30.1 Å². The van der Waals surface area contributed by atoms with E-state index in [0.717, 1.165) is 5.56 Å². The summed E-state index contributed by atoms with van der Waals surface area (Å²) in [6.07, 6.45) is 4.32. The van der Waals surface area contributed by atoms with E-state index in [1.165, 1.54) is 22.5 Å². The molecule has 1 aromatic heterocycles. The summed E-state index contributed by atoms with van der Waals surface area (Å²) < 4.78 is 1.61. The normalized spacial score (nSPS) is 14.3. The molecule has 1 atom stereocenters. The minimum absolute atomic E-state index is 0.159. The molecule has 0 bridgehead atoms. The number of rotatable bonds is 4. The second-order valence-corrected chi connectivity index (χ2v) is 8.49. The lowest BCUT2D eigenvalue weighted by atomic mass is 10.0. The Labute approximate surface area is 214 Å². The first kappa shape index (κ1) is 25.8. The van der Waals surface area contributed by atoms with Gasteiger partial charge in [-0.2, -0.15) is 20.7 Å². The number of carbonyl (C=O) groups excluding carboxylic acids is 1. The van der Waals surface area contributed by atoms with Crippen molar-refractivity contribution in [1.82, 2.24) is 14.8 Å². The number of amides is 2. The summed E-state index contributed by atoms with van der Waals surface area (Å²) in [7, 11) is 0. The zero-order chi connectivity index (χ0) is 25.4. The van der Waals surface area contributed by atoms with E-state index < -0.39 is 12.1 Å². The third-order valence-electron chi connectivity index (χ3n) is 4.90. The largest absolute Gasteiger partial charge is 0.345 e. The molecule has 4 rings (SSSR count). The Morgan fingerprint density at radius 2 is 1.69 bits per heavy atom. The predicted octanol–water partition coefficient (Wildman–Crippen LogP) is 5.89. The van der Waals surface area contributed by atoms with Gasteiger partial charge in [-0.25, -0.2) is 9.80 Å². The molecule has 0 radical (unpaired) electrons. The van der Waals surface area contributed by atoms with Gasteiger partial charge in [0, 0.05) is 27.5 Å². The fourth-order valence-corrected chi connectivity index (χ4v) is 3.61. The number of halogens is 2. The van der Waals surface area contributed by atoms with Crippen LogP contribution in [0.3, 0.4) is 0 Å². The predicted molar refractivity (Wildman–Crippen MR) is 136 cm³/mol. The Balaban J connectivity index is 0.00000108. The summed E-state index contributed by atoms with van der Waals surface area (Å²) in [5.74, 6) is 0. The van der Waals surface area contributed by atoms with Crippen LogP contribution < -0.4 is 4.90 Å². The first-order valence-corrected chi connectivity index (χ1v) is 11.7. The van der Waals surface area contributed by atoms with E-state index in [1.807, 2.05) is 18.2 Å². The molecule has 0 aliphatic carbocycles. The van der Waals surface area contributed by atoms with Crippen LogP contribution in [0.1, 0.15) is 37.4 Å². The lowest BCUT2D eigenvalue weighted by molar-refractivity contribution is 0.209. The Kier molecular flexibility index (Phi) is 8.86. The topological polar surface area (TPSA) is 101 Å². The quantitative estimate of drug-likeness (QED) is 0.410. The number of aromatic nitrogens is 2. The highest BCUT2D eigenvalue weighted by Crippen LogP contribution is 2.27. The van der Waals surface area contributed by atoms with Crippen molar-refractivity contribution >= 4 is 40.6 Å². The molecule has 2 amide bonds. The summed E-state index contributed by atoms with van der Waals surface area (Å²) in [5.41, 5.74) is 2.29. The maximum atomic E-state index is 13.3. The molecular formula is C25H23Cl2N7O. The minimum atomic E-state index is -0.463. The van der Waals surface area contributed by atoms with E-state index in [-0.39, 0.29) is 13.1 Å². The maximum absolute atomic E-state index is 13.3. The summed E-state index contributed by atoms with van der Waals surface area (Å²) in [6.45, 7) is 4.27. The molecule has 0 saturated carbocycles. The highest BCUT2D eigenvalue weighted by molar-refractivity contribution is 6.31. The molecular weight excluding hydrogens is 485 g/mol. The number of hydrogen-bond acceptors (Lipinski definition) is 5. The van der Waals surface area contributed by atoms with Crippen molar-refractivity contribution in [1.29, 1.82) is 10.5 Å². The van der Waals surface area contributed by atoms with Crippen LogP contribution in [0.4, 0.5) is 10.5 Å². The molecule has 2 aromatic carbocycles. The van der Waals surface area contributed by atoms with Gasteiger partial charge in [-0.1, -0.05) is 55.6 Å². The van der Waals surface area contributed by atoms with Crippen LogP contribution in [0.25, 0.3) is 0 Å². The number of hydrogen-bond donors (Lipinski definition) is 0. The van der Waals surface area contributed by atoms with Crippen molar-refractivity contribution in [2.75, 3.05) is 18.0 Å². The number of carbonyl (C=O) groups is 1. The smallest absolute Gasteiger partial charge is 0.279 e. The van der Waals surface area contributed by atoms with Crippen molar-refractivity contribution in [3.05, 3.63) is 82.1 Å². The average molecular weight is 508 g/mol. The summed E-state index contributed by atoms with van der Waals surface area (Å²) in [6, 6.07) is 16.9. The van der Waals surface area contributed by atoms with Gasteiger partial charge in [0.15, 0.2) is 0 Å². The first-order valence-electron chi connectivity index (χ1n) is 10.9. The van der Waals surface area contributed by atoms with Gasteiger partial charge in [0.2, 0.25) is 0 Å². The molecule has 0 spiro atoms. The molecule has 1 unspecified atom stereocenters. The van der Waals surface area contributed by atoms with Gasteiger partial charge in [0.05, 0.1) is 30.1 Å². The highest BCUT2D eigenvalue weighted by atomic mass is 35.5. The van der Waals surface area contributed by atoms with Gasteiger partial charge in [-0.15, -0.1) is 0 Å². The molecule has 0 N–H and O–H groups in total. The fourth-order valence-electron chi connectivity index (χ4n) is 3.36. The van der Waals surface area contributed by atoms with Gasteiger partial charge >= 0.3 is 6.03 Å². The van der Waals surface area contributed by atoms with E-state index in [0.29, 0.717) is 27.0 Å². The molecule has 1 aliphatic heterocycles. The SMILES string of the molecule is CCC.N#CCN(C(=O)N1CC(n2cc(C#N)cn2)C(c2ccc(Cl)cc2)=N1)c1ccc(Cl)cc1. The van der Waals surface area contributed by atoms with Gasteiger partial charge in [-0.3, -0.25) is 9.58 Å². The van der Waals surface area contributed by atoms with Crippen molar-refractivity contribution in [2.24, 2.45) is 5.10 Å². The van der Waals surface area contributed by atoms with E-state index >= 15 is 0 Å². The third kappa shape index (κ3) is 6.19. The molecule has 8 nitrogen and oxygen atoms in total. The number of anilines is 1. The van der Waals surface area contributed by atoms with Crippen LogP contribution in [0.5, 0.6) is 0 Å². The molecule has 3 aromatic rings. The van der Waals surface area contributed by atoms with Crippen LogP contribution in [-0.2, 0) is 0 Å². The Bertz CT molecular complexity index is 1270. The Hall–Kier alpha value is -3.85. The maximum Gasteiger partial charge on any atom is 0.345 e. The number of nitriles is 2. The van der Waals surface area contributed by atoms with Gasteiger partial charge < -0.3 is 0 Å². The van der Waals surface area contributed by atoms with Crippen molar-refractivity contribution < 1.29 is 4.79 Å². The first-order chi connectivity index (χ1) is 16.9. The monoisotopic (exact) mass is 507 g/mol. The molecule has 0 saturated heterocycles. The Morgan fingerprint density at radius 1 is 1.09 bits per heavy atom. The van der Waals surface area contributed by atoms with E-state index in [4.69, 9.17) is 28.5 Å². The highest BCUT2D eigenvalue weighted by Gasteiger charge is 2.35. The zero-order valence-corrected chi connectivity index (χ0v) is 20.8. The number of urea groups is 1. The Morgan fingerprint density at radius 3 is 2.23 bits per heavy atom. The number of nitrogens with zero attached hydrogens (tertiary/aromatic N) is 7. The lowest BCUT2D eigenvalue weighted by Gasteiger charge is -2.24. The number of hydrazone groups is 1. The standard InChI is InChI=1S/C22H15Cl2N7O.C3H8/c23-17-3-1-16(2-4-17)21-20(30-13-15(11-26)12-27-30)14-31(28-21)22(32)29(10-9-25)19-7-5-18(24)6-8-19;1-3-2/h1-8,12-13,20H,10,14H2;3H2,1-2H3. The molecule has 1 aliphatic rings. The van der Waals surface area contributed by atoms with Gasteiger partial charge in [0.25, 0.3) is 0 Å². The lowest BCUT2D eigenvalue weighted by Crippen LogP contribution is -2.41. The second kappa shape index (κ2) is 12.0. The average Bonchev–Trinajstić information content (AvgIpc) is 3.51. The molecule has 10 heteroatoms. The van der Waals surface area contributed by atoms with E-state index in [1.54, 1.807) is 47.3 Å².